The zero-order chi connectivity index (χ0) is 12.8. The number of thiophene rings is 1. The molecule has 0 amide bonds. The van der Waals surface area contributed by atoms with E-state index in [9.17, 15) is 0 Å². The third kappa shape index (κ3) is 3.12. The van der Waals surface area contributed by atoms with Crippen molar-refractivity contribution in [2.24, 2.45) is 0 Å². The Balaban J connectivity index is 2.20. The zero-order valence-electron chi connectivity index (χ0n) is 10.8. The number of rotatable bonds is 6. The fourth-order valence-electron chi connectivity index (χ4n) is 1.93. The second-order valence-corrected chi connectivity index (χ2v) is 5.14. The molecular weight excluding hydrogens is 242 g/mol. The maximum absolute atomic E-state index is 5.68. The Kier molecular flexibility index (Phi) is 4.79. The van der Waals surface area contributed by atoms with Crippen molar-refractivity contribution < 1.29 is 4.74 Å². The van der Waals surface area contributed by atoms with E-state index >= 15 is 0 Å². The molecule has 0 bridgehead atoms. The van der Waals surface area contributed by atoms with Crippen LogP contribution in [0.25, 0.3) is 0 Å². The first kappa shape index (κ1) is 13.1. The molecule has 1 N–H and O–H groups in total. The molecule has 1 heterocycles. The highest BCUT2D eigenvalue weighted by molar-refractivity contribution is 7.10. The van der Waals surface area contributed by atoms with Crippen LogP contribution in [0, 0.1) is 0 Å². The molecule has 1 aromatic heterocycles. The fraction of sp³-hybridized carbons (Fsp3) is 0.333. The van der Waals surface area contributed by atoms with Gasteiger partial charge in [-0.25, -0.2) is 0 Å². The third-order valence-corrected chi connectivity index (χ3v) is 3.72. The predicted octanol–water partition coefficient (Wildman–Crippen LogP) is 3.85. The summed E-state index contributed by atoms with van der Waals surface area (Å²) in [5.74, 6) is 0.950. The first-order chi connectivity index (χ1) is 8.85. The molecule has 1 atom stereocenters. The van der Waals surface area contributed by atoms with Crippen molar-refractivity contribution >= 4 is 11.3 Å². The second kappa shape index (κ2) is 6.57. The molecule has 0 aliphatic rings. The number of hydrogen-bond donors (Lipinski definition) is 1. The molecule has 1 unspecified atom stereocenters. The van der Waals surface area contributed by atoms with Crippen molar-refractivity contribution in [2.75, 3.05) is 13.7 Å². The molecule has 0 radical (unpaired) electrons. The normalized spacial score (nSPS) is 12.3. The summed E-state index contributed by atoms with van der Waals surface area (Å²) in [6.07, 6.45) is 1.03. The summed E-state index contributed by atoms with van der Waals surface area (Å²) in [4.78, 5) is 1.32. The highest BCUT2D eigenvalue weighted by Crippen LogP contribution is 2.27. The summed E-state index contributed by atoms with van der Waals surface area (Å²) in [7, 11) is 1.99. The number of ether oxygens (including phenoxy) is 1. The molecule has 96 valence electrons. The van der Waals surface area contributed by atoms with Gasteiger partial charge in [-0.2, -0.15) is 0 Å². The van der Waals surface area contributed by atoms with Crippen LogP contribution < -0.4 is 10.1 Å². The maximum atomic E-state index is 5.68. The number of benzene rings is 1. The summed E-state index contributed by atoms with van der Waals surface area (Å²) < 4.78 is 5.68. The Morgan fingerprint density at radius 2 is 2.17 bits per heavy atom. The average molecular weight is 261 g/mol. The monoisotopic (exact) mass is 261 g/mol. The average Bonchev–Trinajstić information content (AvgIpc) is 2.92. The molecule has 0 aliphatic heterocycles. The van der Waals surface area contributed by atoms with Gasteiger partial charge in [0, 0.05) is 4.88 Å². The summed E-state index contributed by atoms with van der Waals surface area (Å²) in [5.41, 5.74) is 1.24. The van der Waals surface area contributed by atoms with E-state index in [4.69, 9.17) is 4.74 Å². The van der Waals surface area contributed by atoms with E-state index < -0.39 is 0 Å². The molecule has 0 saturated heterocycles. The van der Waals surface area contributed by atoms with Crippen LogP contribution in [0.3, 0.4) is 0 Å². The van der Waals surface area contributed by atoms with E-state index in [1.165, 1.54) is 10.4 Å². The summed E-state index contributed by atoms with van der Waals surface area (Å²) in [5, 5.41) is 5.47. The van der Waals surface area contributed by atoms with Crippen LogP contribution in [0.4, 0.5) is 0 Å². The van der Waals surface area contributed by atoms with Crippen molar-refractivity contribution in [3.8, 4) is 5.75 Å². The van der Waals surface area contributed by atoms with Crippen LogP contribution in [0.15, 0.2) is 41.8 Å². The smallest absolute Gasteiger partial charge is 0.119 e. The van der Waals surface area contributed by atoms with Crippen LogP contribution in [-0.2, 0) is 0 Å². The molecule has 18 heavy (non-hydrogen) atoms. The maximum Gasteiger partial charge on any atom is 0.119 e. The largest absolute Gasteiger partial charge is 0.494 e. The summed E-state index contributed by atoms with van der Waals surface area (Å²) in [6, 6.07) is 12.8. The summed E-state index contributed by atoms with van der Waals surface area (Å²) >= 11 is 1.77. The quantitative estimate of drug-likeness (QED) is 0.853. The molecule has 0 saturated carbocycles. The highest BCUT2D eigenvalue weighted by Gasteiger charge is 2.13. The van der Waals surface area contributed by atoms with Crippen LogP contribution >= 0.6 is 11.3 Å². The number of nitrogens with one attached hydrogen (secondary N) is 1. The van der Waals surface area contributed by atoms with Gasteiger partial charge < -0.3 is 10.1 Å². The van der Waals surface area contributed by atoms with Gasteiger partial charge in [0.15, 0.2) is 0 Å². The lowest BCUT2D eigenvalue weighted by atomic mass is 10.1. The Labute approximate surface area is 113 Å². The van der Waals surface area contributed by atoms with Gasteiger partial charge >= 0.3 is 0 Å². The van der Waals surface area contributed by atoms with E-state index in [1.54, 1.807) is 11.3 Å². The molecule has 2 rings (SSSR count). The standard InChI is InChI=1S/C15H19NOS/c1-3-9-17-13-7-4-6-12(11-13)15(16-2)14-8-5-10-18-14/h4-8,10-11,15-16H,3,9H2,1-2H3. The fourth-order valence-corrected chi connectivity index (χ4v) is 2.79. The lowest BCUT2D eigenvalue weighted by molar-refractivity contribution is 0.317. The van der Waals surface area contributed by atoms with Crippen LogP contribution in [0.5, 0.6) is 5.75 Å². The minimum atomic E-state index is 0.246. The molecule has 2 nitrogen and oxygen atoms in total. The zero-order valence-corrected chi connectivity index (χ0v) is 11.7. The molecular formula is C15H19NOS. The van der Waals surface area contributed by atoms with Gasteiger partial charge in [0.05, 0.1) is 12.6 Å². The molecule has 1 aromatic carbocycles. The van der Waals surface area contributed by atoms with Gasteiger partial charge in [-0.1, -0.05) is 25.1 Å². The Bertz CT molecular complexity index is 467. The van der Waals surface area contributed by atoms with Crippen LogP contribution in [0.2, 0.25) is 0 Å². The second-order valence-electron chi connectivity index (χ2n) is 4.16. The Morgan fingerprint density at radius 3 is 2.83 bits per heavy atom. The topological polar surface area (TPSA) is 21.3 Å². The van der Waals surface area contributed by atoms with E-state index in [2.05, 4.69) is 48.0 Å². The molecule has 0 spiro atoms. The van der Waals surface area contributed by atoms with Gasteiger partial charge in [-0.15, -0.1) is 11.3 Å². The van der Waals surface area contributed by atoms with Gasteiger partial charge in [0.2, 0.25) is 0 Å². The van der Waals surface area contributed by atoms with Gasteiger partial charge in [-0.05, 0) is 42.6 Å². The van der Waals surface area contributed by atoms with E-state index in [1.807, 2.05) is 13.1 Å². The highest BCUT2D eigenvalue weighted by atomic mass is 32.1. The SMILES string of the molecule is CCCOc1cccc(C(NC)c2cccs2)c1. The van der Waals surface area contributed by atoms with Crippen molar-refractivity contribution in [3.63, 3.8) is 0 Å². The van der Waals surface area contributed by atoms with Gasteiger partial charge in [-0.3, -0.25) is 0 Å². The Hall–Kier alpha value is -1.32. The van der Waals surface area contributed by atoms with Gasteiger partial charge in [0.1, 0.15) is 5.75 Å². The van der Waals surface area contributed by atoms with Gasteiger partial charge in [0.25, 0.3) is 0 Å². The van der Waals surface area contributed by atoms with Crippen LogP contribution in [0.1, 0.15) is 29.8 Å². The first-order valence-corrected chi connectivity index (χ1v) is 7.16. The van der Waals surface area contributed by atoms with Crippen molar-refractivity contribution in [1.82, 2.24) is 5.32 Å². The van der Waals surface area contributed by atoms with Crippen LogP contribution in [-0.4, -0.2) is 13.7 Å². The predicted molar refractivity (Wildman–Crippen MR) is 77.4 cm³/mol. The van der Waals surface area contributed by atoms with Crippen molar-refractivity contribution in [1.29, 1.82) is 0 Å². The van der Waals surface area contributed by atoms with Crippen molar-refractivity contribution in [3.05, 3.63) is 52.2 Å². The van der Waals surface area contributed by atoms with E-state index in [-0.39, 0.29) is 6.04 Å². The summed E-state index contributed by atoms with van der Waals surface area (Å²) in [6.45, 7) is 2.89. The van der Waals surface area contributed by atoms with E-state index in [0.29, 0.717) is 0 Å². The molecule has 0 fully saturated rings. The molecule has 2 aromatic rings. The molecule has 0 aliphatic carbocycles. The Morgan fingerprint density at radius 1 is 1.28 bits per heavy atom. The third-order valence-electron chi connectivity index (χ3n) is 2.78. The lowest BCUT2D eigenvalue weighted by Gasteiger charge is -2.16. The number of hydrogen-bond acceptors (Lipinski definition) is 3. The van der Waals surface area contributed by atoms with Crippen molar-refractivity contribution in [2.45, 2.75) is 19.4 Å². The minimum absolute atomic E-state index is 0.246. The lowest BCUT2D eigenvalue weighted by Crippen LogP contribution is -2.16. The first-order valence-electron chi connectivity index (χ1n) is 6.28. The van der Waals surface area contributed by atoms with E-state index in [0.717, 1.165) is 18.8 Å². The minimum Gasteiger partial charge on any atom is -0.494 e. The molecule has 3 heteroatoms.